The number of hydrogen-bond donors (Lipinski definition) is 1. The van der Waals surface area contributed by atoms with Gasteiger partial charge in [-0.1, -0.05) is 71.1 Å². The smallest absolute Gasteiger partial charge is 0.212 e. The molecule has 2 heterocycles. The van der Waals surface area contributed by atoms with E-state index in [1.165, 1.54) is 70.6 Å². The first-order valence-corrected chi connectivity index (χ1v) is 13.2. The van der Waals surface area contributed by atoms with Crippen molar-refractivity contribution in [2.75, 3.05) is 6.54 Å². The predicted molar refractivity (Wildman–Crippen MR) is 130 cm³/mol. The number of ketones is 1. The number of carbonyl (C=O) groups excluding carboxylic acids is 2. The van der Waals surface area contributed by atoms with E-state index >= 15 is 0 Å². The molecule has 0 amide bonds. The number of aldehydes is 1. The fourth-order valence-corrected chi connectivity index (χ4v) is 6.35. The molecule has 2 fully saturated rings. The largest absolute Gasteiger partial charge is 0.307 e. The molecule has 2 saturated heterocycles. The van der Waals surface area contributed by atoms with Crippen LogP contribution >= 0.6 is 0 Å². The van der Waals surface area contributed by atoms with Gasteiger partial charge in [0.1, 0.15) is 0 Å². The third-order valence-electron chi connectivity index (χ3n) is 7.47. The molecule has 0 aliphatic carbocycles. The van der Waals surface area contributed by atoms with Gasteiger partial charge in [0.2, 0.25) is 5.78 Å². The summed E-state index contributed by atoms with van der Waals surface area (Å²) in [6, 6.07) is 0.179. The summed E-state index contributed by atoms with van der Waals surface area (Å²) in [6.07, 6.45) is 18.3. The van der Waals surface area contributed by atoms with E-state index in [1.54, 1.807) is 0 Å². The molecule has 2 unspecified atom stereocenters. The van der Waals surface area contributed by atoms with Crippen LogP contribution in [0.2, 0.25) is 0 Å². The monoisotopic (exact) mass is 434 g/mol. The second-order valence-corrected chi connectivity index (χ2v) is 11.8. The highest BCUT2D eigenvalue weighted by Crippen LogP contribution is 2.37. The summed E-state index contributed by atoms with van der Waals surface area (Å²) in [5.41, 5.74) is 0.103. The zero-order valence-electron chi connectivity index (χ0n) is 21.2. The van der Waals surface area contributed by atoms with E-state index in [2.05, 4.69) is 44.8 Å². The van der Waals surface area contributed by atoms with Gasteiger partial charge in [-0.3, -0.25) is 14.5 Å². The molecule has 4 heteroatoms. The number of unbranched alkanes of at least 4 members (excludes halogenated alkanes) is 9. The van der Waals surface area contributed by atoms with Crippen LogP contribution in [0.4, 0.5) is 0 Å². The van der Waals surface area contributed by atoms with Crippen molar-refractivity contribution in [1.82, 2.24) is 10.2 Å². The van der Waals surface area contributed by atoms with Crippen molar-refractivity contribution in [3.8, 4) is 0 Å². The van der Waals surface area contributed by atoms with Crippen LogP contribution < -0.4 is 5.32 Å². The first kappa shape index (κ1) is 26.5. The molecule has 0 spiro atoms. The second kappa shape index (κ2) is 12.5. The first-order chi connectivity index (χ1) is 14.7. The van der Waals surface area contributed by atoms with Gasteiger partial charge in [-0.25, -0.2) is 0 Å². The van der Waals surface area contributed by atoms with Crippen molar-refractivity contribution in [2.24, 2.45) is 5.92 Å². The number of rotatable bonds is 14. The topological polar surface area (TPSA) is 49.4 Å². The maximum atomic E-state index is 12.5. The van der Waals surface area contributed by atoms with Crippen LogP contribution in [0.25, 0.3) is 0 Å². The normalized spacial score (nSPS) is 26.2. The minimum absolute atomic E-state index is 0.0514. The van der Waals surface area contributed by atoms with E-state index in [-0.39, 0.29) is 22.9 Å². The molecule has 1 N–H and O–H groups in total. The summed E-state index contributed by atoms with van der Waals surface area (Å²) in [5, 5.41) is 3.75. The molecule has 31 heavy (non-hydrogen) atoms. The molecule has 2 rings (SSSR count). The summed E-state index contributed by atoms with van der Waals surface area (Å²) >= 11 is 0. The van der Waals surface area contributed by atoms with Gasteiger partial charge in [0.15, 0.2) is 6.29 Å². The molecule has 2 aliphatic rings. The predicted octanol–water partition coefficient (Wildman–Crippen LogP) is 6.07. The summed E-state index contributed by atoms with van der Waals surface area (Å²) < 4.78 is 0. The van der Waals surface area contributed by atoms with E-state index in [1.807, 2.05) is 0 Å². The van der Waals surface area contributed by atoms with Crippen molar-refractivity contribution in [1.29, 1.82) is 0 Å². The van der Waals surface area contributed by atoms with Crippen molar-refractivity contribution in [3.63, 3.8) is 0 Å². The van der Waals surface area contributed by atoms with E-state index < -0.39 is 0 Å². The number of nitrogens with one attached hydrogen (secondary N) is 1. The van der Waals surface area contributed by atoms with Crippen LogP contribution in [0.5, 0.6) is 0 Å². The van der Waals surface area contributed by atoms with Gasteiger partial charge in [-0.2, -0.15) is 0 Å². The summed E-state index contributed by atoms with van der Waals surface area (Å²) in [7, 11) is 0. The molecule has 0 aromatic heterocycles. The number of nitrogens with zero attached hydrogens (tertiary/aromatic N) is 1. The third kappa shape index (κ3) is 8.96. The van der Waals surface area contributed by atoms with Gasteiger partial charge in [0.05, 0.1) is 6.04 Å². The minimum atomic E-state index is -0.209. The maximum Gasteiger partial charge on any atom is 0.212 e. The van der Waals surface area contributed by atoms with E-state index in [0.717, 1.165) is 25.8 Å². The van der Waals surface area contributed by atoms with Gasteiger partial charge >= 0.3 is 0 Å². The molecule has 0 bridgehead atoms. The maximum absolute atomic E-state index is 12.5. The summed E-state index contributed by atoms with van der Waals surface area (Å²) in [5.74, 6) is 0.351. The Hall–Kier alpha value is -0.740. The first-order valence-electron chi connectivity index (χ1n) is 13.2. The molecule has 2 aliphatic heterocycles. The molecule has 0 aromatic carbocycles. The Balaban J connectivity index is 1.77. The van der Waals surface area contributed by atoms with Crippen LogP contribution in [0.1, 0.15) is 125 Å². The summed E-state index contributed by atoms with van der Waals surface area (Å²) in [6.45, 7) is 12.3. The van der Waals surface area contributed by atoms with Crippen molar-refractivity contribution < 1.29 is 9.59 Å². The number of likely N-dealkylation sites (tertiary alicyclic amines) is 1. The molecular weight excluding hydrogens is 384 g/mol. The summed E-state index contributed by atoms with van der Waals surface area (Å²) in [4.78, 5) is 26.2. The van der Waals surface area contributed by atoms with Crippen LogP contribution in [-0.2, 0) is 9.59 Å². The number of carbonyl (C=O) groups is 2. The van der Waals surface area contributed by atoms with E-state index in [4.69, 9.17) is 0 Å². The van der Waals surface area contributed by atoms with Crippen LogP contribution in [0, 0.1) is 5.92 Å². The van der Waals surface area contributed by atoms with Gasteiger partial charge in [-0.05, 0) is 59.3 Å². The number of piperidine rings is 1. The minimum Gasteiger partial charge on any atom is -0.307 e. The molecule has 0 radical (unpaired) electrons. The molecule has 0 saturated carbocycles. The number of Topliss-reactive ketones (excluding diaryl/α,β-unsaturated/α-hetero) is 1. The quantitative estimate of drug-likeness (QED) is 0.205. The molecule has 0 aromatic rings. The molecule has 180 valence electrons. The molecular formula is C27H50N2O2. The van der Waals surface area contributed by atoms with E-state index in [9.17, 15) is 9.59 Å². The standard InChI is InChI=1S/C27H50N2O2/c1-6-7-8-9-10-11-12-13-14-15-16-22-17-24(25(31)21-30)29(20-22)23-18-26(2,3)28-27(4,5)19-23/h21-24,28H,6-20H2,1-5H3. The Morgan fingerprint density at radius 1 is 0.903 bits per heavy atom. The number of hydrogen-bond acceptors (Lipinski definition) is 4. The van der Waals surface area contributed by atoms with Gasteiger partial charge in [-0.15, -0.1) is 0 Å². The third-order valence-corrected chi connectivity index (χ3v) is 7.47. The van der Waals surface area contributed by atoms with Gasteiger partial charge in [0, 0.05) is 23.7 Å². The lowest BCUT2D eigenvalue weighted by Crippen LogP contribution is -2.63. The Morgan fingerprint density at radius 3 is 1.94 bits per heavy atom. The highest BCUT2D eigenvalue weighted by atomic mass is 16.2. The van der Waals surface area contributed by atoms with Crippen LogP contribution in [0.3, 0.4) is 0 Å². The SMILES string of the molecule is CCCCCCCCCCCCC1CC(C(=O)C=O)N(C2CC(C)(C)NC(C)(C)C2)C1. The Bertz CT molecular complexity index is 541. The van der Waals surface area contributed by atoms with Crippen molar-refractivity contribution >= 4 is 12.1 Å². The van der Waals surface area contributed by atoms with Crippen LogP contribution in [-0.4, -0.2) is 46.7 Å². The molecule has 2 atom stereocenters. The highest BCUT2D eigenvalue weighted by Gasteiger charge is 2.46. The lowest BCUT2D eigenvalue weighted by molar-refractivity contribution is -0.133. The second-order valence-electron chi connectivity index (χ2n) is 11.8. The van der Waals surface area contributed by atoms with Crippen LogP contribution in [0.15, 0.2) is 0 Å². The Morgan fingerprint density at radius 2 is 1.42 bits per heavy atom. The zero-order valence-corrected chi connectivity index (χ0v) is 21.2. The van der Waals surface area contributed by atoms with Crippen molar-refractivity contribution in [3.05, 3.63) is 0 Å². The highest BCUT2D eigenvalue weighted by molar-refractivity contribution is 6.27. The molecule has 4 nitrogen and oxygen atoms in total. The lowest BCUT2D eigenvalue weighted by Gasteiger charge is -2.50. The lowest BCUT2D eigenvalue weighted by atomic mass is 9.78. The fraction of sp³-hybridized carbons (Fsp3) is 0.926. The van der Waals surface area contributed by atoms with E-state index in [0.29, 0.717) is 18.2 Å². The van der Waals surface area contributed by atoms with Crippen molar-refractivity contribution in [2.45, 2.75) is 148 Å². The Kier molecular flexibility index (Phi) is 10.7. The Labute approximate surface area is 192 Å². The van der Waals surface area contributed by atoms with Gasteiger partial charge in [0.25, 0.3) is 0 Å². The average molecular weight is 435 g/mol. The fourth-order valence-electron chi connectivity index (χ4n) is 6.35. The zero-order chi connectivity index (χ0) is 22.9. The van der Waals surface area contributed by atoms with Gasteiger partial charge < -0.3 is 5.32 Å². The average Bonchev–Trinajstić information content (AvgIpc) is 3.11.